The fourth-order valence-electron chi connectivity index (χ4n) is 3.88. The first kappa shape index (κ1) is 18.2. The van der Waals surface area contributed by atoms with Crippen molar-refractivity contribution in [1.29, 1.82) is 0 Å². The molecule has 1 unspecified atom stereocenters. The number of rotatable bonds is 5. The van der Waals surface area contributed by atoms with E-state index in [1.54, 1.807) is 0 Å². The molecule has 0 aromatic rings. The van der Waals surface area contributed by atoms with Gasteiger partial charge in [0.05, 0.1) is 6.61 Å². The molecule has 0 aromatic heterocycles. The molecule has 5 heteroatoms. The van der Waals surface area contributed by atoms with Crippen LogP contribution >= 0.6 is 0 Å². The molecule has 23 heavy (non-hydrogen) atoms. The zero-order chi connectivity index (χ0) is 16.7. The predicted molar refractivity (Wildman–Crippen MR) is 90.4 cm³/mol. The number of carbonyl (C=O) groups excluding carboxylic acids is 2. The SMILES string of the molecule is CCCC(=O)C1CCN(C2CCCN(C(=O)OCC)CC2)CC1. The molecule has 2 aliphatic heterocycles. The number of ether oxygens (including phenoxy) is 1. The van der Waals surface area contributed by atoms with Crippen molar-refractivity contribution in [2.45, 2.75) is 64.8 Å². The Balaban J connectivity index is 1.78. The van der Waals surface area contributed by atoms with Crippen LogP contribution in [0.25, 0.3) is 0 Å². The zero-order valence-electron chi connectivity index (χ0n) is 14.8. The van der Waals surface area contributed by atoms with Crippen LogP contribution < -0.4 is 0 Å². The summed E-state index contributed by atoms with van der Waals surface area (Å²) < 4.78 is 5.12. The molecule has 132 valence electrons. The Hall–Kier alpha value is -1.10. The normalized spacial score (nSPS) is 24.3. The maximum absolute atomic E-state index is 12.0. The molecule has 2 rings (SSSR count). The third kappa shape index (κ3) is 5.20. The van der Waals surface area contributed by atoms with E-state index < -0.39 is 0 Å². The number of amides is 1. The lowest BCUT2D eigenvalue weighted by Crippen LogP contribution is -2.43. The van der Waals surface area contributed by atoms with E-state index in [1.807, 2.05) is 11.8 Å². The van der Waals surface area contributed by atoms with Gasteiger partial charge in [0.2, 0.25) is 0 Å². The van der Waals surface area contributed by atoms with Gasteiger partial charge >= 0.3 is 6.09 Å². The number of likely N-dealkylation sites (tertiary alicyclic amines) is 2. The first-order valence-electron chi connectivity index (χ1n) is 9.34. The van der Waals surface area contributed by atoms with Gasteiger partial charge in [-0.2, -0.15) is 0 Å². The Kier molecular flexibility index (Phi) is 7.34. The number of hydrogen-bond acceptors (Lipinski definition) is 4. The average Bonchev–Trinajstić information content (AvgIpc) is 2.81. The van der Waals surface area contributed by atoms with Crippen molar-refractivity contribution in [2.75, 3.05) is 32.8 Å². The number of hydrogen-bond donors (Lipinski definition) is 0. The maximum atomic E-state index is 12.0. The molecule has 5 nitrogen and oxygen atoms in total. The van der Waals surface area contributed by atoms with E-state index in [-0.39, 0.29) is 12.0 Å². The third-order valence-corrected chi connectivity index (χ3v) is 5.22. The number of nitrogens with zero attached hydrogens (tertiary/aromatic N) is 2. The molecule has 2 fully saturated rings. The molecule has 2 saturated heterocycles. The molecule has 1 atom stereocenters. The maximum Gasteiger partial charge on any atom is 0.409 e. The molecule has 0 saturated carbocycles. The molecule has 0 aliphatic carbocycles. The van der Waals surface area contributed by atoms with Crippen LogP contribution in [0.15, 0.2) is 0 Å². The van der Waals surface area contributed by atoms with Crippen LogP contribution in [0.5, 0.6) is 0 Å². The smallest absolute Gasteiger partial charge is 0.409 e. The summed E-state index contributed by atoms with van der Waals surface area (Å²) in [5.74, 6) is 0.745. The minimum atomic E-state index is -0.169. The van der Waals surface area contributed by atoms with E-state index >= 15 is 0 Å². The summed E-state index contributed by atoms with van der Waals surface area (Å²) >= 11 is 0. The minimum absolute atomic E-state index is 0.169. The second kappa shape index (κ2) is 9.26. The fraction of sp³-hybridized carbons (Fsp3) is 0.889. The van der Waals surface area contributed by atoms with Gasteiger partial charge in [-0.05, 0) is 58.5 Å². The standard InChI is InChI=1S/C18H32N2O3/c1-3-6-17(21)15-8-12-19(13-9-15)16-7-5-11-20(14-10-16)18(22)23-4-2/h15-16H,3-14H2,1-2H3. The van der Waals surface area contributed by atoms with Gasteiger partial charge in [-0.25, -0.2) is 4.79 Å². The lowest BCUT2D eigenvalue weighted by Gasteiger charge is -2.37. The molecule has 0 aromatic carbocycles. The largest absolute Gasteiger partial charge is 0.450 e. The molecule has 0 N–H and O–H groups in total. The summed E-state index contributed by atoms with van der Waals surface area (Å²) in [4.78, 5) is 28.3. The van der Waals surface area contributed by atoms with Gasteiger partial charge in [-0.3, -0.25) is 4.79 Å². The summed E-state index contributed by atoms with van der Waals surface area (Å²) in [6.45, 7) is 8.03. The zero-order valence-corrected chi connectivity index (χ0v) is 14.8. The average molecular weight is 324 g/mol. The van der Waals surface area contributed by atoms with Crippen molar-refractivity contribution in [2.24, 2.45) is 5.92 Å². The molecular formula is C18H32N2O3. The summed E-state index contributed by atoms with van der Waals surface area (Å²) in [7, 11) is 0. The Morgan fingerprint density at radius 2 is 1.74 bits per heavy atom. The fourth-order valence-corrected chi connectivity index (χ4v) is 3.88. The monoisotopic (exact) mass is 324 g/mol. The Bertz CT molecular complexity index is 392. The quantitative estimate of drug-likeness (QED) is 0.780. The van der Waals surface area contributed by atoms with Gasteiger partial charge in [0, 0.05) is 31.5 Å². The highest BCUT2D eigenvalue weighted by Crippen LogP contribution is 2.25. The van der Waals surface area contributed by atoms with Crippen molar-refractivity contribution in [3.05, 3.63) is 0 Å². The van der Waals surface area contributed by atoms with E-state index in [1.165, 1.54) is 0 Å². The van der Waals surface area contributed by atoms with E-state index in [0.717, 1.165) is 71.1 Å². The summed E-state index contributed by atoms with van der Waals surface area (Å²) in [5, 5.41) is 0. The first-order chi connectivity index (χ1) is 11.2. The van der Waals surface area contributed by atoms with Gasteiger partial charge in [0.15, 0.2) is 0 Å². The lowest BCUT2D eigenvalue weighted by molar-refractivity contribution is -0.124. The second-order valence-corrected chi connectivity index (χ2v) is 6.80. The molecule has 0 radical (unpaired) electrons. The van der Waals surface area contributed by atoms with Crippen LogP contribution in [0.4, 0.5) is 4.79 Å². The van der Waals surface area contributed by atoms with Crippen molar-refractivity contribution in [3.8, 4) is 0 Å². The van der Waals surface area contributed by atoms with Crippen molar-refractivity contribution in [1.82, 2.24) is 9.80 Å². The molecule has 2 aliphatic rings. The number of carbonyl (C=O) groups is 2. The van der Waals surface area contributed by atoms with Crippen LogP contribution in [0.3, 0.4) is 0 Å². The summed E-state index contributed by atoms with van der Waals surface area (Å²) in [6.07, 6.45) is 6.76. The molecular weight excluding hydrogens is 292 g/mol. The van der Waals surface area contributed by atoms with Gasteiger partial charge in [0.25, 0.3) is 0 Å². The second-order valence-electron chi connectivity index (χ2n) is 6.80. The van der Waals surface area contributed by atoms with Crippen LogP contribution in [0.2, 0.25) is 0 Å². The highest BCUT2D eigenvalue weighted by molar-refractivity contribution is 5.81. The van der Waals surface area contributed by atoms with Crippen LogP contribution in [0, 0.1) is 5.92 Å². The third-order valence-electron chi connectivity index (χ3n) is 5.22. The van der Waals surface area contributed by atoms with E-state index in [2.05, 4.69) is 11.8 Å². The van der Waals surface area contributed by atoms with Crippen LogP contribution in [-0.2, 0) is 9.53 Å². The van der Waals surface area contributed by atoms with E-state index in [4.69, 9.17) is 4.74 Å². The number of Topliss-reactive ketones (excluding diaryl/α,β-unsaturated/α-hetero) is 1. The highest BCUT2D eigenvalue weighted by atomic mass is 16.6. The van der Waals surface area contributed by atoms with E-state index in [0.29, 0.717) is 18.4 Å². The molecule has 1 amide bonds. The van der Waals surface area contributed by atoms with Gasteiger partial charge in [-0.1, -0.05) is 6.92 Å². The number of piperidine rings is 1. The van der Waals surface area contributed by atoms with Crippen molar-refractivity contribution < 1.29 is 14.3 Å². The minimum Gasteiger partial charge on any atom is -0.450 e. The molecule has 0 bridgehead atoms. The van der Waals surface area contributed by atoms with E-state index in [9.17, 15) is 9.59 Å². The van der Waals surface area contributed by atoms with Crippen LogP contribution in [0.1, 0.15) is 58.8 Å². The van der Waals surface area contributed by atoms with Crippen molar-refractivity contribution in [3.63, 3.8) is 0 Å². The van der Waals surface area contributed by atoms with Crippen molar-refractivity contribution >= 4 is 11.9 Å². The van der Waals surface area contributed by atoms with Gasteiger partial charge in [-0.15, -0.1) is 0 Å². The Morgan fingerprint density at radius 1 is 1.00 bits per heavy atom. The van der Waals surface area contributed by atoms with Gasteiger partial charge < -0.3 is 14.5 Å². The summed E-state index contributed by atoms with van der Waals surface area (Å²) in [5.41, 5.74) is 0. The van der Waals surface area contributed by atoms with Crippen LogP contribution in [-0.4, -0.2) is 60.5 Å². The topological polar surface area (TPSA) is 49.9 Å². The lowest BCUT2D eigenvalue weighted by atomic mass is 9.89. The summed E-state index contributed by atoms with van der Waals surface area (Å²) in [6, 6.07) is 0.552. The Labute approximate surface area is 140 Å². The molecule has 0 spiro atoms. The highest BCUT2D eigenvalue weighted by Gasteiger charge is 2.30. The molecule has 2 heterocycles. The Morgan fingerprint density at radius 3 is 2.39 bits per heavy atom. The number of ketones is 1. The first-order valence-corrected chi connectivity index (χ1v) is 9.34. The van der Waals surface area contributed by atoms with Gasteiger partial charge in [0.1, 0.15) is 5.78 Å². The predicted octanol–water partition coefficient (Wildman–Crippen LogP) is 3.08.